The highest BCUT2D eigenvalue weighted by atomic mass is 35.5. The van der Waals surface area contributed by atoms with Crippen molar-refractivity contribution in [3.05, 3.63) is 81.1 Å². The molecule has 1 aliphatic carbocycles. The van der Waals surface area contributed by atoms with Crippen molar-refractivity contribution in [1.29, 1.82) is 0 Å². The van der Waals surface area contributed by atoms with Crippen LogP contribution in [0.25, 0.3) is 12.2 Å². The second-order valence-electron chi connectivity index (χ2n) is 7.58. The van der Waals surface area contributed by atoms with E-state index in [-0.39, 0.29) is 12.5 Å². The van der Waals surface area contributed by atoms with E-state index >= 15 is 0 Å². The first-order valence-electron chi connectivity index (χ1n) is 10.1. The Balaban J connectivity index is 1.27. The van der Waals surface area contributed by atoms with Gasteiger partial charge in [0.05, 0.1) is 17.0 Å². The number of anilines is 1. The van der Waals surface area contributed by atoms with Crippen molar-refractivity contribution in [1.82, 2.24) is 24.1 Å². The molecule has 4 aromatic heterocycles. The van der Waals surface area contributed by atoms with Crippen LogP contribution in [0.4, 0.5) is 9.52 Å². The zero-order chi connectivity index (χ0) is 22.9. The van der Waals surface area contributed by atoms with Gasteiger partial charge in [-0.25, -0.2) is 15.0 Å². The Kier molecular flexibility index (Phi) is 6.01. The van der Waals surface area contributed by atoms with Crippen molar-refractivity contribution in [2.24, 2.45) is 0 Å². The van der Waals surface area contributed by atoms with Gasteiger partial charge < -0.3 is 9.13 Å². The Morgan fingerprint density at radius 1 is 1.27 bits per heavy atom. The SMILES string of the molecule is O=C(Nc1nc(/C=C/c2ncn(C3CC3)c2Cl)cs1)c1cc(Cl)cn1Cc1ccnc(F)c1. The van der Waals surface area contributed by atoms with E-state index in [0.29, 0.717) is 44.0 Å². The average Bonchev–Trinajstić information content (AvgIpc) is 3.24. The molecule has 5 rings (SSSR count). The molecule has 168 valence electrons. The quantitative estimate of drug-likeness (QED) is 0.324. The highest BCUT2D eigenvalue weighted by molar-refractivity contribution is 7.14. The molecule has 1 N–H and O–H groups in total. The summed E-state index contributed by atoms with van der Waals surface area (Å²) in [5.41, 5.74) is 2.35. The standard InChI is InChI=1S/C22H17Cl2FN6OS/c23-14-8-18(30(10-14)9-13-5-6-26-19(25)7-13)21(32)29-22-28-15(11-33-22)1-4-17-20(24)31(12-27-17)16-2-3-16/h1,4-8,10-12,16H,2-3,9H2,(H,28,29,32)/b4-1+. The monoisotopic (exact) mass is 502 g/mol. The predicted octanol–water partition coefficient (Wildman–Crippen LogP) is 5.79. The van der Waals surface area contributed by atoms with Crippen LogP contribution in [0.5, 0.6) is 0 Å². The van der Waals surface area contributed by atoms with Gasteiger partial charge in [0, 0.05) is 30.4 Å². The Bertz CT molecular complexity index is 1360. The Morgan fingerprint density at radius 2 is 2.12 bits per heavy atom. The summed E-state index contributed by atoms with van der Waals surface area (Å²) >= 11 is 13.8. The number of carbonyl (C=O) groups is 1. The number of hydrogen-bond donors (Lipinski definition) is 1. The molecule has 0 spiro atoms. The van der Waals surface area contributed by atoms with Gasteiger partial charge in [0.2, 0.25) is 5.95 Å². The third-order valence-corrected chi connectivity index (χ3v) is 6.47. The zero-order valence-electron chi connectivity index (χ0n) is 17.1. The number of nitrogens with zero attached hydrogens (tertiary/aromatic N) is 5. The van der Waals surface area contributed by atoms with E-state index in [1.165, 1.54) is 23.6 Å². The van der Waals surface area contributed by atoms with Crippen LogP contribution in [0.3, 0.4) is 0 Å². The summed E-state index contributed by atoms with van der Waals surface area (Å²) in [4.78, 5) is 25.2. The van der Waals surface area contributed by atoms with Crippen molar-refractivity contribution in [2.45, 2.75) is 25.4 Å². The summed E-state index contributed by atoms with van der Waals surface area (Å²) in [6.45, 7) is 0.273. The lowest BCUT2D eigenvalue weighted by Gasteiger charge is -2.08. The lowest BCUT2D eigenvalue weighted by atomic mass is 10.2. The van der Waals surface area contributed by atoms with E-state index < -0.39 is 5.95 Å². The van der Waals surface area contributed by atoms with Gasteiger partial charge in [0.1, 0.15) is 16.5 Å². The molecule has 0 aliphatic heterocycles. The largest absolute Gasteiger partial charge is 0.338 e. The number of pyridine rings is 1. The fraction of sp³-hybridized carbons (Fsp3) is 0.182. The molecular weight excluding hydrogens is 486 g/mol. The molecule has 1 aliphatic rings. The molecule has 33 heavy (non-hydrogen) atoms. The maximum atomic E-state index is 13.4. The Labute approximate surface area is 202 Å². The molecule has 7 nitrogen and oxygen atoms in total. The second-order valence-corrected chi connectivity index (χ2v) is 9.23. The van der Waals surface area contributed by atoms with Gasteiger partial charge in [-0.3, -0.25) is 10.1 Å². The molecule has 0 aromatic carbocycles. The smallest absolute Gasteiger partial charge is 0.274 e. The fourth-order valence-electron chi connectivity index (χ4n) is 3.36. The van der Waals surface area contributed by atoms with Gasteiger partial charge in [-0.15, -0.1) is 11.3 Å². The lowest BCUT2D eigenvalue weighted by molar-refractivity contribution is 0.101. The van der Waals surface area contributed by atoms with E-state index in [4.69, 9.17) is 23.2 Å². The van der Waals surface area contributed by atoms with Crippen LogP contribution in [-0.4, -0.2) is 30.0 Å². The molecule has 1 saturated carbocycles. The van der Waals surface area contributed by atoms with Gasteiger partial charge in [0.25, 0.3) is 5.91 Å². The zero-order valence-corrected chi connectivity index (χ0v) is 19.4. The summed E-state index contributed by atoms with van der Waals surface area (Å²) in [7, 11) is 0. The fourth-order valence-corrected chi connectivity index (χ4v) is 4.55. The van der Waals surface area contributed by atoms with Crippen molar-refractivity contribution in [3.8, 4) is 0 Å². The van der Waals surface area contributed by atoms with E-state index in [0.717, 1.165) is 12.8 Å². The number of thiazole rings is 1. The Morgan fingerprint density at radius 3 is 2.91 bits per heavy atom. The molecule has 1 fully saturated rings. The second kappa shape index (κ2) is 9.09. The number of carbonyl (C=O) groups excluding carboxylic acids is 1. The normalized spacial score (nSPS) is 13.7. The molecule has 0 atom stereocenters. The number of nitrogens with one attached hydrogen (secondary N) is 1. The van der Waals surface area contributed by atoms with Crippen LogP contribution in [0.15, 0.2) is 42.3 Å². The minimum atomic E-state index is -0.583. The van der Waals surface area contributed by atoms with E-state index in [9.17, 15) is 9.18 Å². The Hall–Kier alpha value is -3.01. The first kappa shape index (κ1) is 21.8. The summed E-state index contributed by atoms with van der Waals surface area (Å²) < 4.78 is 17.0. The average molecular weight is 503 g/mol. The van der Waals surface area contributed by atoms with Crippen molar-refractivity contribution >= 4 is 57.7 Å². The molecule has 4 heterocycles. The molecule has 0 radical (unpaired) electrons. The van der Waals surface area contributed by atoms with Crippen molar-refractivity contribution < 1.29 is 9.18 Å². The van der Waals surface area contributed by atoms with Gasteiger partial charge in [-0.2, -0.15) is 4.39 Å². The van der Waals surface area contributed by atoms with Crippen LogP contribution in [0.2, 0.25) is 10.2 Å². The van der Waals surface area contributed by atoms with Crippen LogP contribution in [0.1, 0.15) is 46.3 Å². The molecular formula is C22H17Cl2FN6OS. The molecule has 0 bridgehead atoms. The van der Waals surface area contributed by atoms with Crippen molar-refractivity contribution in [2.75, 3.05) is 5.32 Å². The summed E-state index contributed by atoms with van der Waals surface area (Å²) in [6.07, 6.45) is 10.6. The topological polar surface area (TPSA) is 77.6 Å². The highest BCUT2D eigenvalue weighted by Crippen LogP contribution is 2.38. The third kappa shape index (κ3) is 5.00. The number of halogens is 3. The molecule has 0 unspecified atom stereocenters. The molecule has 1 amide bonds. The maximum Gasteiger partial charge on any atom is 0.274 e. The van der Waals surface area contributed by atoms with Gasteiger partial charge in [-0.1, -0.05) is 23.2 Å². The lowest BCUT2D eigenvalue weighted by Crippen LogP contribution is -2.17. The minimum absolute atomic E-state index is 0.273. The summed E-state index contributed by atoms with van der Waals surface area (Å²) in [5, 5.41) is 6.07. The summed E-state index contributed by atoms with van der Waals surface area (Å²) in [6, 6.07) is 5.01. The molecule has 11 heteroatoms. The molecule has 0 saturated heterocycles. The van der Waals surface area contributed by atoms with E-state index in [2.05, 4.69) is 20.3 Å². The first-order valence-corrected chi connectivity index (χ1v) is 11.7. The van der Waals surface area contributed by atoms with Crippen LogP contribution in [0, 0.1) is 5.95 Å². The number of rotatable bonds is 7. The van der Waals surface area contributed by atoms with Crippen LogP contribution >= 0.6 is 34.5 Å². The van der Waals surface area contributed by atoms with E-state index in [1.54, 1.807) is 41.4 Å². The predicted molar refractivity (Wildman–Crippen MR) is 127 cm³/mol. The number of hydrogen-bond acceptors (Lipinski definition) is 5. The van der Waals surface area contributed by atoms with Gasteiger partial charge in [0.15, 0.2) is 5.13 Å². The number of amides is 1. The summed E-state index contributed by atoms with van der Waals surface area (Å²) in [5.74, 6) is -0.951. The highest BCUT2D eigenvalue weighted by Gasteiger charge is 2.26. The maximum absolute atomic E-state index is 13.4. The van der Waals surface area contributed by atoms with Gasteiger partial charge in [-0.05, 0) is 48.8 Å². The van der Waals surface area contributed by atoms with Crippen LogP contribution < -0.4 is 5.32 Å². The van der Waals surface area contributed by atoms with Crippen molar-refractivity contribution in [3.63, 3.8) is 0 Å². The first-order chi connectivity index (χ1) is 16.0. The number of aromatic nitrogens is 5. The third-order valence-electron chi connectivity index (χ3n) is 5.09. The molecule has 4 aromatic rings. The van der Waals surface area contributed by atoms with Crippen LogP contribution in [-0.2, 0) is 6.54 Å². The van der Waals surface area contributed by atoms with E-state index in [1.807, 2.05) is 9.95 Å². The number of imidazole rings is 1. The van der Waals surface area contributed by atoms with Gasteiger partial charge >= 0.3 is 0 Å². The minimum Gasteiger partial charge on any atom is -0.338 e.